The molecule has 0 radical (unpaired) electrons. The van der Waals surface area contributed by atoms with Crippen LogP contribution in [0, 0.1) is 5.82 Å². The standard InChI is InChI=1S/C13H19FN2O2/c1-17-9-4-3-8(5-9)16-12-7-13(18-2)10(14)6-11(12)15/h6-9,16H,3-5,15H2,1-2H3. The molecule has 2 atom stereocenters. The maximum absolute atomic E-state index is 13.4. The maximum Gasteiger partial charge on any atom is 0.167 e. The van der Waals surface area contributed by atoms with Crippen molar-refractivity contribution in [3.05, 3.63) is 17.9 Å². The van der Waals surface area contributed by atoms with Crippen LogP contribution in [0.15, 0.2) is 12.1 Å². The van der Waals surface area contributed by atoms with Crippen molar-refractivity contribution < 1.29 is 13.9 Å². The van der Waals surface area contributed by atoms with Gasteiger partial charge in [-0.05, 0) is 19.3 Å². The van der Waals surface area contributed by atoms with E-state index in [4.69, 9.17) is 15.2 Å². The summed E-state index contributed by atoms with van der Waals surface area (Å²) < 4.78 is 23.7. The summed E-state index contributed by atoms with van der Waals surface area (Å²) in [6.07, 6.45) is 3.30. The average molecular weight is 254 g/mol. The Morgan fingerprint density at radius 1 is 1.33 bits per heavy atom. The minimum Gasteiger partial charge on any atom is -0.494 e. The van der Waals surface area contributed by atoms with Crippen molar-refractivity contribution in [2.75, 3.05) is 25.3 Å². The topological polar surface area (TPSA) is 56.5 Å². The van der Waals surface area contributed by atoms with E-state index in [0.29, 0.717) is 17.8 Å². The molecule has 2 unspecified atom stereocenters. The van der Waals surface area contributed by atoms with Crippen LogP contribution in [0.4, 0.5) is 15.8 Å². The van der Waals surface area contributed by atoms with Gasteiger partial charge in [-0.1, -0.05) is 0 Å². The van der Waals surface area contributed by atoms with Crippen molar-refractivity contribution in [1.29, 1.82) is 0 Å². The molecule has 100 valence electrons. The van der Waals surface area contributed by atoms with Gasteiger partial charge in [-0.3, -0.25) is 0 Å². The monoisotopic (exact) mass is 254 g/mol. The molecule has 1 saturated carbocycles. The normalized spacial score (nSPS) is 23.1. The van der Waals surface area contributed by atoms with Crippen LogP contribution in [0.2, 0.25) is 0 Å². The summed E-state index contributed by atoms with van der Waals surface area (Å²) in [5, 5.41) is 3.32. The Labute approximate surface area is 106 Å². The number of rotatable bonds is 4. The van der Waals surface area contributed by atoms with Gasteiger partial charge in [0.05, 0.1) is 24.6 Å². The van der Waals surface area contributed by atoms with Gasteiger partial charge in [0.1, 0.15) is 0 Å². The number of benzene rings is 1. The SMILES string of the molecule is COc1cc(NC2CCC(OC)C2)c(N)cc1F. The number of halogens is 1. The maximum atomic E-state index is 13.4. The number of nitrogen functional groups attached to an aromatic ring is 1. The molecule has 1 fully saturated rings. The molecular weight excluding hydrogens is 235 g/mol. The van der Waals surface area contributed by atoms with Crippen LogP contribution in [0.5, 0.6) is 5.75 Å². The van der Waals surface area contributed by atoms with Crippen LogP contribution in [0.3, 0.4) is 0 Å². The molecular formula is C13H19FN2O2. The number of hydrogen-bond donors (Lipinski definition) is 2. The number of nitrogens with one attached hydrogen (secondary N) is 1. The van der Waals surface area contributed by atoms with Gasteiger partial charge in [-0.15, -0.1) is 0 Å². The van der Waals surface area contributed by atoms with E-state index in [1.165, 1.54) is 13.2 Å². The van der Waals surface area contributed by atoms with Gasteiger partial charge in [0.25, 0.3) is 0 Å². The Bertz CT molecular complexity index is 426. The van der Waals surface area contributed by atoms with Gasteiger partial charge < -0.3 is 20.5 Å². The quantitative estimate of drug-likeness (QED) is 0.810. The minimum atomic E-state index is -0.443. The molecule has 0 aliphatic heterocycles. The molecule has 0 bridgehead atoms. The zero-order valence-electron chi connectivity index (χ0n) is 10.7. The summed E-state index contributed by atoms with van der Waals surface area (Å²) in [5.74, 6) is -0.241. The minimum absolute atomic E-state index is 0.202. The van der Waals surface area contributed by atoms with Gasteiger partial charge in [0, 0.05) is 25.3 Å². The molecule has 0 saturated heterocycles. The third-order valence-electron chi connectivity index (χ3n) is 3.40. The van der Waals surface area contributed by atoms with Gasteiger partial charge in [-0.25, -0.2) is 4.39 Å². The number of methoxy groups -OCH3 is 2. The van der Waals surface area contributed by atoms with Crippen molar-refractivity contribution in [3.8, 4) is 5.75 Å². The Morgan fingerprint density at radius 3 is 2.72 bits per heavy atom. The van der Waals surface area contributed by atoms with E-state index < -0.39 is 5.82 Å². The Hall–Kier alpha value is -1.49. The molecule has 0 spiro atoms. The molecule has 4 nitrogen and oxygen atoms in total. The molecule has 1 aliphatic rings. The van der Waals surface area contributed by atoms with Crippen molar-refractivity contribution >= 4 is 11.4 Å². The second-order valence-corrected chi connectivity index (χ2v) is 4.59. The smallest absolute Gasteiger partial charge is 0.167 e. The van der Waals surface area contributed by atoms with Crippen molar-refractivity contribution in [2.24, 2.45) is 0 Å². The summed E-state index contributed by atoms with van der Waals surface area (Å²) in [6.45, 7) is 0. The first-order valence-corrected chi connectivity index (χ1v) is 6.06. The zero-order chi connectivity index (χ0) is 13.1. The zero-order valence-corrected chi connectivity index (χ0v) is 10.7. The van der Waals surface area contributed by atoms with Crippen molar-refractivity contribution in [1.82, 2.24) is 0 Å². The van der Waals surface area contributed by atoms with E-state index in [1.54, 1.807) is 13.2 Å². The van der Waals surface area contributed by atoms with Gasteiger partial charge in [0.15, 0.2) is 11.6 Å². The lowest BCUT2D eigenvalue weighted by molar-refractivity contribution is 0.108. The summed E-state index contributed by atoms with van der Waals surface area (Å²) in [5.41, 5.74) is 6.92. The van der Waals surface area contributed by atoms with Crippen LogP contribution in [-0.4, -0.2) is 26.4 Å². The fourth-order valence-corrected chi connectivity index (χ4v) is 2.36. The highest BCUT2D eigenvalue weighted by Crippen LogP contribution is 2.31. The predicted molar refractivity (Wildman–Crippen MR) is 69.4 cm³/mol. The third kappa shape index (κ3) is 2.67. The molecule has 1 aromatic rings. The molecule has 5 heteroatoms. The van der Waals surface area contributed by atoms with E-state index in [1.807, 2.05) is 0 Å². The van der Waals surface area contributed by atoms with E-state index in [-0.39, 0.29) is 5.75 Å². The Balaban J connectivity index is 2.09. The molecule has 18 heavy (non-hydrogen) atoms. The average Bonchev–Trinajstić information content (AvgIpc) is 2.80. The first kappa shape index (κ1) is 13.0. The molecule has 3 N–H and O–H groups in total. The second kappa shape index (κ2) is 5.44. The Morgan fingerprint density at radius 2 is 2.11 bits per heavy atom. The number of ether oxygens (including phenoxy) is 2. The first-order valence-electron chi connectivity index (χ1n) is 6.06. The van der Waals surface area contributed by atoms with Crippen LogP contribution in [-0.2, 0) is 4.74 Å². The summed E-state index contributed by atoms with van der Waals surface area (Å²) in [4.78, 5) is 0. The molecule has 0 heterocycles. The lowest BCUT2D eigenvalue weighted by Gasteiger charge is -2.17. The fourth-order valence-electron chi connectivity index (χ4n) is 2.36. The van der Waals surface area contributed by atoms with E-state index in [9.17, 15) is 4.39 Å². The lowest BCUT2D eigenvalue weighted by atomic mass is 10.2. The summed E-state index contributed by atoms with van der Waals surface area (Å²) >= 11 is 0. The van der Waals surface area contributed by atoms with Gasteiger partial charge in [0.2, 0.25) is 0 Å². The first-order chi connectivity index (χ1) is 8.63. The Kier molecular flexibility index (Phi) is 3.91. The number of nitrogens with two attached hydrogens (primary N) is 1. The van der Waals surface area contributed by atoms with E-state index in [2.05, 4.69) is 5.32 Å². The molecule has 0 amide bonds. The van der Waals surface area contributed by atoms with Crippen molar-refractivity contribution in [2.45, 2.75) is 31.4 Å². The molecule has 1 aliphatic carbocycles. The summed E-state index contributed by atoms with van der Waals surface area (Å²) in [6, 6.07) is 3.20. The summed E-state index contributed by atoms with van der Waals surface area (Å²) in [7, 11) is 3.16. The second-order valence-electron chi connectivity index (χ2n) is 4.59. The fraction of sp³-hybridized carbons (Fsp3) is 0.538. The van der Waals surface area contributed by atoms with Crippen LogP contribution >= 0.6 is 0 Å². The van der Waals surface area contributed by atoms with Crippen LogP contribution in [0.25, 0.3) is 0 Å². The molecule has 2 rings (SSSR count). The van der Waals surface area contributed by atoms with Crippen LogP contribution in [0.1, 0.15) is 19.3 Å². The molecule has 0 aromatic heterocycles. The van der Waals surface area contributed by atoms with Gasteiger partial charge >= 0.3 is 0 Å². The number of hydrogen-bond acceptors (Lipinski definition) is 4. The van der Waals surface area contributed by atoms with E-state index >= 15 is 0 Å². The highest BCUT2D eigenvalue weighted by Gasteiger charge is 2.25. The molecule has 1 aromatic carbocycles. The van der Waals surface area contributed by atoms with Crippen LogP contribution < -0.4 is 15.8 Å². The predicted octanol–water partition coefficient (Wildman–Crippen LogP) is 2.40. The highest BCUT2D eigenvalue weighted by atomic mass is 19.1. The third-order valence-corrected chi connectivity index (χ3v) is 3.40. The van der Waals surface area contributed by atoms with Crippen molar-refractivity contribution in [3.63, 3.8) is 0 Å². The lowest BCUT2D eigenvalue weighted by Crippen LogP contribution is -2.18. The number of anilines is 2. The van der Waals surface area contributed by atoms with Gasteiger partial charge in [-0.2, -0.15) is 0 Å². The largest absolute Gasteiger partial charge is 0.494 e. The highest BCUT2D eigenvalue weighted by molar-refractivity contribution is 5.69. The van der Waals surface area contributed by atoms with E-state index in [0.717, 1.165) is 24.9 Å².